The Labute approximate surface area is 107 Å². The third-order valence-corrected chi connectivity index (χ3v) is 4.58. The first-order valence-electron chi connectivity index (χ1n) is 7.77. The van der Waals surface area contributed by atoms with Crippen LogP contribution in [-0.2, 0) is 0 Å². The van der Waals surface area contributed by atoms with Crippen LogP contribution >= 0.6 is 0 Å². The monoisotopic (exact) mass is 238 g/mol. The molecule has 2 heteroatoms. The van der Waals surface area contributed by atoms with Crippen LogP contribution < -0.4 is 5.32 Å². The number of nitrogens with zero attached hydrogens (tertiary/aromatic N) is 1. The van der Waals surface area contributed by atoms with E-state index in [-0.39, 0.29) is 0 Å². The molecule has 2 rings (SSSR count). The summed E-state index contributed by atoms with van der Waals surface area (Å²) >= 11 is 0. The van der Waals surface area contributed by atoms with Crippen LogP contribution in [0.25, 0.3) is 0 Å². The number of fused-ring (bicyclic) bond motifs is 2. The molecule has 2 bridgehead atoms. The van der Waals surface area contributed by atoms with Crippen molar-refractivity contribution in [2.75, 3.05) is 26.2 Å². The topological polar surface area (TPSA) is 15.3 Å². The summed E-state index contributed by atoms with van der Waals surface area (Å²) in [5.41, 5.74) is 0. The van der Waals surface area contributed by atoms with E-state index < -0.39 is 0 Å². The first kappa shape index (κ1) is 13.4. The van der Waals surface area contributed by atoms with Crippen LogP contribution in [0.15, 0.2) is 0 Å². The highest BCUT2D eigenvalue weighted by atomic mass is 15.2. The smallest absolute Gasteiger partial charge is 0.0192 e. The molecule has 0 aromatic rings. The molecule has 0 aromatic carbocycles. The molecule has 1 aliphatic carbocycles. The fourth-order valence-electron chi connectivity index (χ4n) is 3.69. The van der Waals surface area contributed by atoms with Crippen LogP contribution in [0.3, 0.4) is 0 Å². The molecular weight excluding hydrogens is 208 g/mol. The maximum absolute atomic E-state index is 3.69. The summed E-state index contributed by atoms with van der Waals surface area (Å²) in [5, 5.41) is 3.69. The van der Waals surface area contributed by atoms with E-state index in [1.54, 1.807) is 0 Å². The highest BCUT2D eigenvalue weighted by molar-refractivity contribution is 4.85. The quantitative estimate of drug-likeness (QED) is 0.765. The number of likely N-dealkylation sites (tertiary alicyclic amines) is 1. The van der Waals surface area contributed by atoms with E-state index in [0.29, 0.717) is 6.04 Å². The van der Waals surface area contributed by atoms with Crippen LogP contribution in [0.5, 0.6) is 0 Å². The van der Waals surface area contributed by atoms with Crippen LogP contribution in [0.1, 0.15) is 52.4 Å². The van der Waals surface area contributed by atoms with Crippen LogP contribution in [-0.4, -0.2) is 37.1 Å². The molecule has 1 N–H and O–H groups in total. The third kappa shape index (κ3) is 3.96. The summed E-state index contributed by atoms with van der Waals surface area (Å²) in [6.07, 6.45) is 8.52. The predicted octanol–water partition coefficient (Wildman–Crippen LogP) is 2.89. The minimum Gasteiger partial charge on any atom is -0.313 e. The third-order valence-electron chi connectivity index (χ3n) is 4.58. The van der Waals surface area contributed by atoms with Gasteiger partial charge in [0, 0.05) is 25.7 Å². The Bertz CT molecular complexity index is 205. The second-order valence-electron chi connectivity index (χ2n) is 6.18. The van der Waals surface area contributed by atoms with Gasteiger partial charge in [-0.15, -0.1) is 0 Å². The van der Waals surface area contributed by atoms with Crippen molar-refractivity contribution in [1.29, 1.82) is 0 Å². The molecule has 1 saturated heterocycles. The number of nitrogens with one attached hydrogen (secondary N) is 1. The Morgan fingerprint density at radius 1 is 1.18 bits per heavy atom. The van der Waals surface area contributed by atoms with E-state index in [2.05, 4.69) is 24.1 Å². The van der Waals surface area contributed by atoms with Gasteiger partial charge in [-0.05, 0) is 50.5 Å². The molecular formula is C15H30N2. The molecule has 2 aliphatic rings. The molecule has 0 amide bonds. The maximum atomic E-state index is 3.69. The first-order valence-corrected chi connectivity index (χ1v) is 7.77. The zero-order chi connectivity index (χ0) is 12.1. The standard InChI is InChI=1S/C15H30N2/c1-3-8-16-15(4-2)12-17-10-13-6-5-7-14(9-13)11-17/h13-16H,3-12H2,1-2H3. The van der Waals surface area contributed by atoms with Crippen molar-refractivity contribution in [3.63, 3.8) is 0 Å². The molecule has 0 radical (unpaired) electrons. The molecule has 1 aliphatic heterocycles. The summed E-state index contributed by atoms with van der Waals surface area (Å²) in [6.45, 7) is 9.79. The van der Waals surface area contributed by atoms with Crippen molar-refractivity contribution in [2.45, 2.75) is 58.4 Å². The Balaban J connectivity index is 1.77. The van der Waals surface area contributed by atoms with Gasteiger partial charge in [0.2, 0.25) is 0 Å². The van der Waals surface area contributed by atoms with Crippen molar-refractivity contribution >= 4 is 0 Å². The molecule has 2 fully saturated rings. The molecule has 1 heterocycles. The predicted molar refractivity (Wildman–Crippen MR) is 74.3 cm³/mol. The fourth-order valence-corrected chi connectivity index (χ4v) is 3.69. The maximum Gasteiger partial charge on any atom is 0.0192 e. The zero-order valence-electron chi connectivity index (χ0n) is 11.8. The summed E-state index contributed by atoms with van der Waals surface area (Å²) in [6, 6.07) is 0.716. The SMILES string of the molecule is CCCNC(CC)CN1CC2CCCC(C2)C1. The lowest BCUT2D eigenvalue weighted by Gasteiger charge is -2.42. The molecule has 0 aromatic heterocycles. The Morgan fingerprint density at radius 2 is 1.88 bits per heavy atom. The lowest BCUT2D eigenvalue weighted by molar-refractivity contribution is 0.0779. The normalized spacial score (nSPS) is 31.4. The van der Waals surface area contributed by atoms with Crippen LogP contribution in [0.4, 0.5) is 0 Å². The van der Waals surface area contributed by atoms with Crippen molar-refractivity contribution in [3.8, 4) is 0 Å². The van der Waals surface area contributed by atoms with Gasteiger partial charge in [0.25, 0.3) is 0 Å². The average molecular weight is 238 g/mol. The number of hydrogen-bond donors (Lipinski definition) is 1. The summed E-state index contributed by atoms with van der Waals surface area (Å²) in [5.74, 6) is 2.04. The van der Waals surface area contributed by atoms with Gasteiger partial charge in [-0.2, -0.15) is 0 Å². The summed E-state index contributed by atoms with van der Waals surface area (Å²) < 4.78 is 0. The molecule has 3 unspecified atom stereocenters. The second kappa shape index (κ2) is 6.75. The van der Waals surface area contributed by atoms with Gasteiger partial charge < -0.3 is 10.2 Å². The van der Waals surface area contributed by atoms with Crippen molar-refractivity contribution in [3.05, 3.63) is 0 Å². The lowest BCUT2D eigenvalue weighted by atomic mass is 9.78. The second-order valence-corrected chi connectivity index (χ2v) is 6.18. The van der Waals surface area contributed by atoms with Crippen LogP contribution in [0, 0.1) is 11.8 Å². The average Bonchev–Trinajstić information content (AvgIpc) is 2.34. The van der Waals surface area contributed by atoms with E-state index in [1.165, 1.54) is 64.7 Å². The largest absolute Gasteiger partial charge is 0.313 e. The van der Waals surface area contributed by atoms with E-state index in [4.69, 9.17) is 0 Å². The van der Waals surface area contributed by atoms with Gasteiger partial charge in [-0.1, -0.05) is 20.3 Å². The lowest BCUT2D eigenvalue weighted by Crippen LogP contribution is -2.48. The minimum atomic E-state index is 0.716. The highest BCUT2D eigenvalue weighted by Gasteiger charge is 2.30. The van der Waals surface area contributed by atoms with Gasteiger partial charge in [0.15, 0.2) is 0 Å². The Hall–Kier alpha value is -0.0800. The van der Waals surface area contributed by atoms with Crippen molar-refractivity contribution in [2.24, 2.45) is 11.8 Å². The molecule has 3 atom stereocenters. The highest BCUT2D eigenvalue weighted by Crippen LogP contribution is 2.34. The van der Waals surface area contributed by atoms with Crippen molar-refractivity contribution < 1.29 is 0 Å². The van der Waals surface area contributed by atoms with Gasteiger partial charge in [-0.25, -0.2) is 0 Å². The van der Waals surface area contributed by atoms with E-state index in [9.17, 15) is 0 Å². The number of piperidine rings is 1. The van der Waals surface area contributed by atoms with E-state index in [0.717, 1.165) is 11.8 Å². The Morgan fingerprint density at radius 3 is 2.47 bits per heavy atom. The van der Waals surface area contributed by atoms with Gasteiger partial charge in [-0.3, -0.25) is 0 Å². The van der Waals surface area contributed by atoms with Gasteiger partial charge in [0.1, 0.15) is 0 Å². The summed E-state index contributed by atoms with van der Waals surface area (Å²) in [4.78, 5) is 2.74. The van der Waals surface area contributed by atoms with Gasteiger partial charge >= 0.3 is 0 Å². The molecule has 1 saturated carbocycles. The molecule has 2 nitrogen and oxygen atoms in total. The molecule has 17 heavy (non-hydrogen) atoms. The fraction of sp³-hybridized carbons (Fsp3) is 1.00. The minimum absolute atomic E-state index is 0.716. The van der Waals surface area contributed by atoms with Crippen molar-refractivity contribution in [1.82, 2.24) is 10.2 Å². The molecule has 100 valence electrons. The first-order chi connectivity index (χ1) is 8.31. The summed E-state index contributed by atoms with van der Waals surface area (Å²) in [7, 11) is 0. The van der Waals surface area contributed by atoms with Crippen LogP contribution in [0.2, 0.25) is 0 Å². The number of rotatable bonds is 6. The zero-order valence-corrected chi connectivity index (χ0v) is 11.8. The Kier molecular flexibility index (Phi) is 5.30. The van der Waals surface area contributed by atoms with Gasteiger partial charge in [0.05, 0.1) is 0 Å². The number of hydrogen-bond acceptors (Lipinski definition) is 2. The van der Waals surface area contributed by atoms with E-state index >= 15 is 0 Å². The molecule has 0 spiro atoms. The van der Waals surface area contributed by atoms with E-state index in [1.807, 2.05) is 0 Å².